The van der Waals surface area contributed by atoms with E-state index in [4.69, 9.17) is 0 Å². The van der Waals surface area contributed by atoms with Crippen LogP contribution in [0.15, 0.2) is 6.07 Å². The van der Waals surface area contributed by atoms with Gasteiger partial charge in [0.05, 0.1) is 0 Å². The van der Waals surface area contributed by atoms with E-state index in [0.717, 1.165) is 10.4 Å². The molecule has 0 saturated heterocycles. The summed E-state index contributed by atoms with van der Waals surface area (Å²) in [6, 6.07) is 1.98. The Morgan fingerprint density at radius 1 is 1.55 bits per heavy atom. The standard InChI is InChI=1S/C9H12OS/c1-4-9(10)8-5-6(2)11-7(8)3/h5H,4H2,1-3H3. The maximum absolute atomic E-state index is 11.3. The maximum Gasteiger partial charge on any atom is 0.163 e. The van der Waals surface area contributed by atoms with Crippen LogP contribution in [0.25, 0.3) is 0 Å². The predicted octanol–water partition coefficient (Wildman–Crippen LogP) is 2.96. The Morgan fingerprint density at radius 2 is 2.18 bits per heavy atom. The van der Waals surface area contributed by atoms with E-state index in [1.54, 1.807) is 11.3 Å². The van der Waals surface area contributed by atoms with Crippen LogP contribution in [0.2, 0.25) is 0 Å². The molecule has 1 rings (SSSR count). The van der Waals surface area contributed by atoms with E-state index in [9.17, 15) is 4.79 Å². The molecule has 2 heteroatoms. The molecule has 1 heterocycles. The van der Waals surface area contributed by atoms with Crippen LogP contribution in [0, 0.1) is 13.8 Å². The molecule has 0 fully saturated rings. The summed E-state index contributed by atoms with van der Waals surface area (Å²) in [5.74, 6) is 0.256. The lowest BCUT2D eigenvalue weighted by Gasteiger charge is -1.92. The largest absolute Gasteiger partial charge is 0.294 e. The molecular formula is C9H12OS. The number of Topliss-reactive ketones (excluding diaryl/α,β-unsaturated/α-hetero) is 1. The Labute approximate surface area is 71.1 Å². The third-order valence-electron chi connectivity index (χ3n) is 1.66. The first-order valence-electron chi connectivity index (χ1n) is 3.75. The predicted molar refractivity (Wildman–Crippen MR) is 48.4 cm³/mol. The quantitative estimate of drug-likeness (QED) is 0.620. The lowest BCUT2D eigenvalue weighted by Crippen LogP contribution is -1.95. The molecule has 1 aromatic heterocycles. The summed E-state index contributed by atoms with van der Waals surface area (Å²) in [7, 11) is 0. The van der Waals surface area contributed by atoms with Crippen LogP contribution in [0.3, 0.4) is 0 Å². The second kappa shape index (κ2) is 3.18. The minimum atomic E-state index is 0.256. The number of carbonyl (C=O) groups is 1. The highest BCUT2D eigenvalue weighted by Crippen LogP contribution is 2.21. The SMILES string of the molecule is CCC(=O)c1cc(C)sc1C. The van der Waals surface area contributed by atoms with E-state index in [1.165, 1.54) is 4.88 Å². The lowest BCUT2D eigenvalue weighted by molar-refractivity contribution is 0.0988. The van der Waals surface area contributed by atoms with Gasteiger partial charge < -0.3 is 0 Å². The topological polar surface area (TPSA) is 17.1 Å². The Morgan fingerprint density at radius 3 is 2.55 bits per heavy atom. The van der Waals surface area contributed by atoms with E-state index in [0.29, 0.717) is 6.42 Å². The summed E-state index contributed by atoms with van der Waals surface area (Å²) in [5, 5.41) is 0. The van der Waals surface area contributed by atoms with Crippen molar-refractivity contribution in [1.29, 1.82) is 0 Å². The van der Waals surface area contributed by atoms with Gasteiger partial charge in [0.15, 0.2) is 5.78 Å². The van der Waals surface area contributed by atoms with Gasteiger partial charge in [0.2, 0.25) is 0 Å². The Hall–Kier alpha value is -0.630. The number of carbonyl (C=O) groups excluding carboxylic acids is 1. The highest BCUT2D eigenvalue weighted by Gasteiger charge is 2.08. The van der Waals surface area contributed by atoms with Crippen LogP contribution in [-0.4, -0.2) is 5.78 Å². The number of hydrogen-bond donors (Lipinski definition) is 0. The van der Waals surface area contributed by atoms with Crippen molar-refractivity contribution in [2.75, 3.05) is 0 Å². The third kappa shape index (κ3) is 1.69. The van der Waals surface area contributed by atoms with Gasteiger partial charge in [-0.1, -0.05) is 6.92 Å². The van der Waals surface area contributed by atoms with E-state index < -0.39 is 0 Å². The van der Waals surface area contributed by atoms with Gasteiger partial charge >= 0.3 is 0 Å². The second-order valence-electron chi connectivity index (χ2n) is 2.60. The maximum atomic E-state index is 11.3. The van der Waals surface area contributed by atoms with Gasteiger partial charge in [-0.05, 0) is 19.9 Å². The van der Waals surface area contributed by atoms with Crippen LogP contribution in [-0.2, 0) is 0 Å². The summed E-state index contributed by atoms with van der Waals surface area (Å²) in [4.78, 5) is 13.6. The molecule has 0 saturated carbocycles. The second-order valence-corrected chi connectivity index (χ2v) is 4.06. The van der Waals surface area contributed by atoms with Gasteiger partial charge in [-0.25, -0.2) is 0 Å². The number of ketones is 1. The van der Waals surface area contributed by atoms with E-state index in [-0.39, 0.29) is 5.78 Å². The molecule has 1 aromatic rings. The molecule has 0 atom stereocenters. The summed E-state index contributed by atoms with van der Waals surface area (Å²) in [5.41, 5.74) is 0.912. The van der Waals surface area contributed by atoms with E-state index >= 15 is 0 Å². The molecule has 0 radical (unpaired) electrons. The number of aryl methyl sites for hydroxylation is 2. The molecule has 0 bridgehead atoms. The summed E-state index contributed by atoms with van der Waals surface area (Å²) < 4.78 is 0. The number of thiophene rings is 1. The first-order valence-corrected chi connectivity index (χ1v) is 4.57. The molecule has 1 nitrogen and oxygen atoms in total. The molecule has 0 aliphatic heterocycles. The zero-order valence-corrected chi connectivity index (χ0v) is 7.92. The molecule has 0 N–H and O–H groups in total. The summed E-state index contributed by atoms with van der Waals surface area (Å²) in [6.07, 6.45) is 0.608. The average Bonchev–Trinajstić information content (AvgIpc) is 2.28. The Kier molecular flexibility index (Phi) is 2.45. The van der Waals surface area contributed by atoms with Crippen molar-refractivity contribution in [3.05, 3.63) is 21.4 Å². The summed E-state index contributed by atoms with van der Waals surface area (Å²) in [6.45, 7) is 5.93. The molecule has 60 valence electrons. The van der Waals surface area contributed by atoms with Crippen molar-refractivity contribution < 1.29 is 4.79 Å². The highest BCUT2D eigenvalue weighted by molar-refractivity contribution is 7.12. The Bertz CT molecular complexity index is 273. The van der Waals surface area contributed by atoms with E-state index in [1.807, 2.05) is 26.8 Å². The summed E-state index contributed by atoms with van der Waals surface area (Å²) >= 11 is 1.69. The molecule has 0 spiro atoms. The Balaban J connectivity index is 3.03. The first-order chi connectivity index (χ1) is 5.15. The van der Waals surface area contributed by atoms with Gasteiger partial charge in [-0.2, -0.15) is 0 Å². The van der Waals surface area contributed by atoms with Crippen LogP contribution >= 0.6 is 11.3 Å². The molecule has 0 amide bonds. The fourth-order valence-corrected chi connectivity index (χ4v) is 2.04. The zero-order chi connectivity index (χ0) is 8.43. The molecule has 0 aliphatic rings. The van der Waals surface area contributed by atoms with Crippen LogP contribution in [0.1, 0.15) is 33.5 Å². The van der Waals surface area contributed by atoms with Gasteiger partial charge in [0.1, 0.15) is 0 Å². The molecule has 11 heavy (non-hydrogen) atoms. The fraction of sp³-hybridized carbons (Fsp3) is 0.444. The zero-order valence-electron chi connectivity index (χ0n) is 7.10. The monoisotopic (exact) mass is 168 g/mol. The van der Waals surface area contributed by atoms with Crippen LogP contribution < -0.4 is 0 Å². The van der Waals surface area contributed by atoms with Crippen molar-refractivity contribution in [1.82, 2.24) is 0 Å². The lowest BCUT2D eigenvalue weighted by atomic mass is 10.1. The van der Waals surface area contributed by atoms with Crippen molar-refractivity contribution in [2.24, 2.45) is 0 Å². The average molecular weight is 168 g/mol. The van der Waals surface area contributed by atoms with Crippen LogP contribution in [0.5, 0.6) is 0 Å². The van der Waals surface area contributed by atoms with Gasteiger partial charge in [-0.15, -0.1) is 11.3 Å². The number of rotatable bonds is 2. The van der Waals surface area contributed by atoms with Gasteiger partial charge in [0, 0.05) is 21.7 Å². The van der Waals surface area contributed by atoms with Crippen molar-refractivity contribution in [2.45, 2.75) is 27.2 Å². The molecular weight excluding hydrogens is 156 g/mol. The van der Waals surface area contributed by atoms with Gasteiger partial charge in [0.25, 0.3) is 0 Å². The van der Waals surface area contributed by atoms with Crippen molar-refractivity contribution in [3.63, 3.8) is 0 Å². The van der Waals surface area contributed by atoms with Crippen molar-refractivity contribution >= 4 is 17.1 Å². The smallest absolute Gasteiger partial charge is 0.163 e. The molecule has 0 aromatic carbocycles. The fourth-order valence-electron chi connectivity index (χ4n) is 1.10. The highest BCUT2D eigenvalue weighted by atomic mass is 32.1. The van der Waals surface area contributed by atoms with Crippen molar-refractivity contribution in [3.8, 4) is 0 Å². The molecule has 0 aliphatic carbocycles. The normalized spacial score (nSPS) is 10.1. The minimum absolute atomic E-state index is 0.256. The van der Waals surface area contributed by atoms with E-state index in [2.05, 4.69) is 0 Å². The molecule has 0 unspecified atom stereocenters. The minimum Gasteiger partial charge on any atom is -0.294 e. The third-order valence-corrected chi connectivity index (χ3v) is 2.63. The first kappa shape index (κ1) is 8.47. The van der Waals surface area contributed by atoms with Gasteiger partial charge in [-0.3, -0.25) is 4.79 Å². The van der Waals surface area contributed by atoms with Crippen LogP contribution in [0.4, 0.5) is 0 Å². The number of hydrogen-bond acceptors (Lipinski definition) is 2.